The molecule has 0 saturated carbocycles. The first-order valence-corrected chi connectivity index (χ1v) is 14.9. The van der Waals surface area contributed by atoms with E-state index in [1.54, 1.807) is 24.3 Å². The highest BCUT2D eigenvalue weighted by Gasteiger charge is 2.29. The van der Waals surface area contributed by atoms with Crippen LogP contribution in [0, 0.1) is 13.8 Å². The van der Waals surface area contributed by atoms with Crippen molar-refractivity contribution in [2.45, 2.75) is 72.5 Å². The summed E-state index contributed by atoms with van der Waals surface area (Å²) in [6, 6.07) is 9.72. The van der Waals surface area contributed by atoms with E-state index in [0.717, 1.165) is 17.4 Å². The molecule has 2 rings (SSSR count). The number of rotatable bonds is 12. The number of nitrogens with one attached hydrogen (secondary N) is 1. The molecule has 0 saturated heterocycles. The Morgan fingerprint density at radius 3 is 2.24 bits per heavy atom. The van der Waals surface area contributed by atoms with Gasteiger partial charge in [-0.1, -0.05) is 42.3 Å². The molecule has 7 nitrogen and oxygen atoms in total. The van der Waals surface area contributed by atoms with Gasteiger partial charge < -0.3 is 10.2 Å². The highest BCUT2D eigenvalue weighted by Crippen LogP contribution is 2.25. The first kappa shape index (κ1) is 30.9. The number of nitrogens with zero attached hydrogens (tertiary/aromatic N) is 2. The topological polar surface area (TPSA) is 86.8 Å². The lowest BCUT2D eigenvalue weighted by Gasteiger charge is -2.32. The summed E-state index contributed by atoms with van der Waals surface area (Å²) in [6.45, 7) is 9.72. The Hall–Kier alpha value is -2.29. The van der Waals surface area contributed by atoms with Crippen LogP contribution in [0.25, 0.3) is 0 Å². The van der Waals surface area contributed by atoms with Crippen LogP contribution in [0.15, 0.2) is 36.4 Å². The average Bonchev–Trinajstić information content (AvgIpc) is 2.78. The van der Waals surface area contributed by atoms with Crippen LogP contribution < -0.4 is 9.62 Å². The molecular weight excluding hydrogens is 533 g/mol. The Morgan fingerprint density at radius 1 is 1.03 bits per heavy atom. The molecule has 2 aromatic carbocycles. The van der Waals surface area contributed by atoms with Crippen LogP contribution in [0.2, 0.25) is 10.0 Å². The monoisotopic (exact) mass is 569 g/mol. The maximum Gasteiger partial charge on any atom is 0.243 e. The summed E-state index contributed by atoms with van der Waals surface area (Å²) in [5.74, 6) is -0.505. The van der Waals surface area contributed by atoms with Gasteiger partial charge in [0.2, 0.25) is 21.8 Å². The van der Waals surface area contributed by atoms with E-state index in [0.29, 0.717) is 27.7 Å². The van der Waals surface area contributed by atoms with Gasteiger partial charge in [-0.2, -0.15) is 0 Å². The zero-order valence-electron chi connectivity index (χ0n) is 22.3. The Bertz CT molecular complexity index is 1220. The molecule has 0 aliphatic heterocycles. The Morgan fingerprint density at radius 2 is 1.70 bits per heavy atom. The van der Waals surface area contributed by atoms with Crippen LogP contribution in [0.3, 0.4) is 0 Å². The molecule has 1 N–H and O–H groups in total. The van der Waals surface area contributed by atoms with Gasteiger partial charge in [-0.25, -0.2) is 8.42 Å². The van der Waals surface area contributed by atoms with E-state index in [-0.39, 0.29) is 43.8 Å². The maximum absolute atomic E-state index is 13.5. The highest BCUT2D eigenvalue weighted by molar-refractivity contribution is 7.92. The lowest BCUT2D eigenvalue weighted by Crippen LogP contribution is -2.50. The van der Waals surface area contributed by atoms with Gasteiger partial charge in [0.15, 0.2) is 0 Å². The van der Waals surface area contributed by atoms with E-state index in [9.17, 15) is 18.0 Å². The second kappa shape index (κ2) is 13.5. The third-order valence-electron chi connectivity index (χ3n) is 6.10. The summed E-state index contributed by atoms with van der Waals surface area (Å²) >= 11 is 12.4. The van der Waals surface area contributed by atoms with Crippen molar-refractivity contribution < 1.29 is 18.0 Å². The number of anilines is 1. The van der Waals surface area contributed by atoms with Crippen molar-refractivity contribution in [2.75, 3.05) is 17.1 Å². The maximum atomic E-state index is 13.5. The highest BCUT2D eigenvalue weighted by atomic mass is 35.5. The lowest BCUT2D eigenvalue weighted by molar-refractivity contribution is -0.141. The van der Waals surface area contributed by atoms with Gasteiger partial charge in [-0.3, -0.25) is 13.9 Å². The first-order chi connectivity index (χ1) is 17.2. The number of amides is 2. The number of halogens is 2. The molecule has 0 radical (unpaired) electrons. The standard InChI is InChI=1S/C27H37Cl2N3O4S/c1-7-25(27(34)30-18(2)3)31(17-21-11-12-22(28)16-24(21)29)26(33)9-8-14-32(37(6,35)36)23-13-10-19(4)20(5)15-23/h10-13,15-16,18,25H,7-9,14,17H2,1-6H3,(H,30,34)/t25-/m1/s1. The van der Waals surface area contributed by atoms with E-state index in [4.69, 9.17) is 23.2 Å². The summed E-state index contributed by atoms with van der Waals surface area (Å²) < 4.78 is 26.4. The predicted molar refractivity (Wildman–Crippen MR) is 152 cm³/mol. The fourth-order valence-electron chi connectivity index (χ4n) is 4.02. The van der Waals surface area contributed by atoms with Crippen molar-refractivity contribution in [1.82, 2.24) is 10.2 Å². The van der Waals surface area contributed by atoms with E-state index >= 15 is 0 Å². The zero-order valence-corrected chi connectivity index (χ0v) is 24.7. The molecule has 204 valence electrons. The number of sulfonamides is 1. The smallest absolute Gasteiger partial charge is 0.243 e. The zero-order chi connectivity index (χ0) is 27.9. The summed E-state index contributed by atoms with van der Waals surface area (Å²) in [7, 11) is -3.56. The van der Waals surface area contributed by atoms with E-state index in [1.165, 1.54) is 9.21 Å². The molecule has 0 unspecified atom stereocenters. The van der Waals surface area contributed by atoms with E-state index in [2.05, 4.69) is 5.32 Å². The molecule has 0 aliphatic carbocycles. The fourth-order valence-corrected chi connectivity index (χ4v) is 5.44. The quantitative estimate of drug-likeness (QED) is 0.366. The number of benzene rings is 2. The molecule has 10 heteroatoms. The van der Waals surface area contributed by atoms with Crippen LogP contribution in [0.1, 0.15) is 56.7 Å². The molecule has 37 heavy (non-hydrogen) atoms. The summed E-state index contributed by atoms with van der Waals surface area (Å²) in [6.07, 6.45) is 1.91. The average molecular weight is 571 g/mol. The SMILES string of the molecule is CC[C@H](C(=O)NC(C)C)N(Cc1ccc(Cl)cc1Cl)C(=O)CCCN(c1ccc(C)c(C)c1)S(C)(=O)=O. The first-order valence-electron chi connectivity index (χ1n) is 12.3. The molecular formula is C27H37Cl2N3O4S. The second-order valence-corrected chi connectivity index (χ2v) is 12.3. The minimum atomic E-state index is -3.56. The number of hydrogen-bond donors (Lipinski definition) is 1. The Labute approximate surface area is 231 Å². The molecule has 0 aliphatic rings. The van der Waals surface area contributed by atoms with Gasteiger partial charge in [0.25, 0.3) is 0 Å². The van der Waals surface area contributed by atoms with Crippen molar-refractivity contribution in [1.29, 1.82) is 0 Å². The number of aryl methyl sites for hydroxylation is 2. The van der Waals surface area contributed by atoms with Crippen LogP contribution in [-0.4, -0.2) is 50.0 Å². The Kier molecular flexibility index (Phi) is 11.3. The summed E-state index contributed by atoms with van der Waals surface area (Å²) in [5.41, 5.74) is 3.28. The van der Waals surface area contributed by atoms with E-state index < -0.39 is 16.1 Å². The Balaban J connectivity index is 2.27. The van der Waals surface area contributed by atoms with Crippen LogP contribution in [0.4, 0.5) is 5.69 Å². The van der Waals surface area contributed by atoms with Gasteiger partial charge >= 0.3 is 0 Å². The van der Waals surface area contributed by atoms with Gasteiger partial charge in [0.05, 0.1) is 11.9 Å². The summed E-state index contributed by atoms with van der Waals surface area (Å²) in [5, 5.41) is 3.77. The minimum Gasteiger partial charge on any atom is -0.352 e. The van der Waals surface area contributed by atoms with Crippen LogP contribution >= 0.6 is 23.2 Å². The largest absolute Gasteiger partial charge is 0.352 e. The number of carbonyl (C=O) groups excluding carboxylic acids is 2. The fraction of sp³-hybridized carbons (Fsp3) is 0.481. The molecule has 0 heterocycles. The lowest BCUT2D eigenvalue weighted by atomic mass is 10.1. The van der Waals surface area contributed by atoms with Crippen molar-refractivity contribution in [2.24, 2.45) is 0 Å². The van der Waals surface area contributed by atoms with E-state index in [1.807, 2.05) is 46.8 Å². The van der Waals surface area contributed by atoms with Crippen molar-refractivity contribution >= 4 is 50.7 Å². The molecule has 2 aromatic rings. The molecule has 1 atom stereocenters. The van der Waals surface area contributed by atoms with Crippen molar-refractivity contribution in [3.8, 4) is 0 Å². The predicted octanol–water partition coefficient (Wildman–Crippen LogP) is 5.49. The normalized spacial score (nSPS) is 12.4. The minimum absolute atomic E-state index is 0.0630. The number of carbonyl (C=O) groups is 2. The van der Waals surface area contributed by atoms with Gasteiger partial charge in [-0.15, -0.1) is 0 Å². The number of hydrogen-bond acceptors (Lipinski definition) is 4. The van der Waals surface area contributed by atoms with Gasteiger partial charge in [-0.05, 0) is 81.5 Å². The molecule has 2 amide bonds. The molecule has 0 fully saturated rings. The van der Waals surface area contributed by atoms with Gasteiger partial charge in [0.1, 0.15) is 6.04 Å². The summed E-state index contributed by atoms with van der Waals surface area (Å²) in [4.78, 5) is 28.0. The molecule has 0 bridgehead atoms. The van der Waals surface area contributed by atoms with Crippen LogP contribution in [-0.2, 0) is 26.2 Å². The van der Waals surface area contributed by atoms with Crippen molar-refractivity contribution in [3.05, 3.63) is 63.1 Å². The molecule has 0 spiro atoms. The third kappa shape index (κ3) is 8.90. The third-order valence-corrected chi connectivity index (χ3v) is 7.88. The van der Waals surface area contributed by atoms with Gasteiger partial charge in [0, 0.05) is 35.6 Å². The van der Waals surface area contributed by atoms with Crippen LogP contribution in [0.5, 0.6) is 0 Å². The van der Waals surface area contributed by atoms with Crippen molar-refractivity contribution in [3.63, 3.8) is 0 Å². The second-order valence-electron chi connectivity index (χ2n) is 9.55. The molecule has 0 aromatic heterocycles.